The number of aliphatic imine (C=N–C) groups is 1. The number of nitrogens with two attached hydrogens (primary N) is 1. The Bertz CT molecular complexity index is 693. The van der Waals surface area contributed by atoms with Gasteiger partial charge in [-0.1, -0.05) is 13.3 Å². The Balaban J connectivity index is 2.18. The number of nitrogens with one attached hydrogen (secondary N) is 2. The molecule has 110 valence electrons. The van der Waals surface area contributed by atoms with Crippen molar-refractivity contribution in [2.45, 2.75) is 19.8 Å². The fourth-order valence-corrected chi connectivity index (χ4v) is 1.75. The van der Waals surface area contributed by atoms with Crippen molar-refractivity contribution < 1.29 is 4.39 Å². The average Bonchev–Trinajstić information content (AvgIpc) is 2.41. The van der Waals surface area contributed by atoms with Crippen LogP contribution in [0.15, 0.2) is 40.1 Å². The first-order chi connectivity index (χ1) is 10.1. The zero-order valence-corrected chi connectivity index (χ0v) is 11.6. The minimum atomic E-state index is -0.339. The molecule has 6 nitrogen and oxygen atoms in total. The van der Waals surface area contributed by atoms with Gasteiger partial charge in [-0.05, 0) is 30.7 Å². The van der Waals surface area contributed by atoms with Gasteiger partial charge < -0.3 is 11.1 Å². The highest BCUT2D eigenvalue weighted by atomic mass is 19.1. The van der Waals surface area contributed by atoms with Crippen LogP contribution in [0.2, 0.25) is 0 Å². The van der Waals surface area contributed by atoms with E-state index >= 15 is 0 Å². The third kappa shape index (κ3) is 4.41. The van der Waals surface area contributed by atoms with Crippen LogP contribution in [0.3, 0.4) is 0 Å². The molecular weight excluding hydrogens is 273 g/mol. The van der Waals surface area contributed by atoms with Gasteiger partial charge in [-0.25, -0.2) is 9.37 Å². The number of H-pyrrole nitrogens is 1. The van der Waals surface area contributed by atoms with Crippen LogP contribution in [0.1, 0.15) is 19.0 Å². The van der Waals surface area contributed by atoms with Gasteiger partial charge in [0.1, 0.15) is 5.82 Å². The van der Waals surface area contributed by atoms with Crippen molar-refractivity contribution in [3.8, 4) is 0 Å². The highest BCUT2D eigenvalue weighted by Crippen LogP contribution is 2.09. The third-order valence-electron chi connectivity index (χ3n) is 2.63. The Hall–Kier alpha value is -2.70. The summed E-state index contributed by atoms with van der Waals surface area (Å²) in [6, 6.07) is 7.10. The molecule has 2 aromatic rings. The highest BCUT2D eigenvalue weighted by molar-refractivity contribution is 5.93. The van der Waals surface area contributed by atoms with E-state index in [4.69, 9.17) is 5.73 Å². The summed E-state index contributed by atoms with van der Waals surface area (Å²) in [5.41, 5.74) is 6.71. The number of anilines is 1. The zero-order valence-electron chi connectivity index (χ0n) is 11.6. The third-order valence-corrected chi connectivity index (χ3v) is 2.63. The quantitative estimate of drug-likeness (QED) is 0.592. The molecule has 21 heavy (non-hydrogen) atoms. The minimum Gasteiger partial charge on any atom is -0.369 e. The van der Waals surface area contributed by atoms with Gasteiger partial charge in [-0.15, -0.1) is 0 Å². The topological polar surface area (TPSA) is 96.2 Å². The number of aryl methyl sites for hydroxylation is 1. The summed E-state index contributed by atoms with van der Waals surface area (Å²) in [6.07, 6.45) is 1.57. The van der Waals surface area contributed by atoms with Crippen LogP contribution in [-0.2, 0) is 6.42 Å². The number of rotatable bonds is 4. The Kier molecular flexibility index (Phi) is 4.65. The average molecular weight is 289 g/mol. The van der Waals surface area contributed by atoms with Crippen LogP contribution in [0.5, 0.6) is 0 Å². The summed E-state index contributed by atoms with van der Waals surface area (Å²) in [7, 11) is 0. The number of hydrogen-bond acceptors (Lipinski definition) is 3. The molecule has 0 aliphatic rings. The lowest BCUT2D eigenvalue weighted by Crippen LogP contribution is -2.22. The maximum atomic E-state index is 12.8. The van der Waals surface area contributed by atoms with Crippen molar-refractivity contribution in [2.75, 3.05) is 5.32 Å². The molecule has 0 bridgehead atoms. The summed E-state index contributed by atoms with van der Waals surface area (Å²) in [6.45, 7) is 2.00. The first-order valence-corrected chi connectivity index (χ1v) is 6.54. The van der Waals surface area contributed by atoms with Crippen LogP contribution in [-0.4, -0.2) is 15.9 Å². The van der Waals surface area contributed by atoms with Crippen molar-refractivity contribution in [2.24, 2.45) is 10.7 Å². The molecule has 0 amide bonds. The first kappa shape index (κ1) is 14.7. The molecule has 0 radical (unpaired) electrons. The first-order valence-electron chi connectivity index (χ1n) is 6.54. The number of benzene rings is 1. The largest absolute Gasteiger partial charge is 0.369 e. The van der Waals surface area contributed by atoms with Crippen LogP contribution in [0.4, 0.5) is 16.0 Å². The Labute approximate surface area is 120 Å². The molecule has 1 heterocycles. The van der Waals surface area contributed by atoms with Crippen molar-refractivity contribution >= 4 is 17.6 Å². The van der Waals surface area contributed by atoms with Crippen molar-refractivity contribution in [3.63, 3.8) is 0 Å². The van der Waals surface area contributed by atoms with E-state index in [1.54, 1.807) is 0 Å². The summed E-state index contributed by atoms with van der Waals surface area (Å²) in [5.74, 6) is -0.147. The number of hydrogen-bond donors (Lipinski definition) is 3. The number of halogens is 1. The Morgan fingerprint density at radius 2 is 2.14 bits per heavy atom. The van der Waals surface area contributed by atoms with E-state index < -0.39 is 0 Å². The summed E-state index contributed by atoms with van der Waals surface area (Å²) >= 11 is 0. The van der Waals surface area contributed by atoms with E-state index in [1.165, 1.54) is 30.3 Å². The SMILES string of the molecule is CCCc1cc(=O)[nH]c(/N=C(\N)Nc2ccc(F)cc2)n1. The molecule has 0 saturated carbocycles. The standard InChI is InChI=1S/C14H16FN5O/c1-2-3-11-8-12(21)19-14(18-11)20-13(16)17-10-6-4-9(15)5-7-10/h4-8H,2-3H2,1H3,(H4,16,17,18,19,20,21). The Morgan fingerprint density at radius 3 is 2.81 bits per heavy atom. The molecule has 0 spiro atoms. The molecule has 0 unspecified atom stereocenters. The normalized spacial score (nSPS) is 11.4. The van der Waals surface area contributed by atoms with Gasteiger partial charge in [0.15, 0.2) is 0 Å². The smallest absolute Gasteiger partial charge is 0.252 e. The molecule has 7 heteroatoms. The molecule has 0 fully saturated rings. The molecule has 0 aliphatic carbocycles. The number of aromatic nitrogens is 2. The molecule has 0 atom stereocenters. The van der Waals surface area contributed by atoms with Gasteiger partial charge >= 0.3 is 0 Å². The second-order valence-corrected chi connectivity index (χ2v) is 4.44. The minimum absolute atomic E-state index is 0.0541. The highest BCUT2D eigenvalue weighted by Gasteiger charge is 2.01. The lowest BCUT2D eigenvalue weighted by Gasteiger charge is -2.05. The van der Waals surface area contributed by atoms with Gasteiger partial charge in [0, 0.05) is 17.4 Å². The van der Waals surface area contributed by atoms with E-state index in [1.807, 2.05) is 6.92 Å². The fraction of sp³-hybridized carbons (Fsp3) is 0.214. The van der Waals surface area contributed by atoms with Crippen LogP contribution >= 0.6 is 0 Å². The van der Waals surface area contributed by atoms with Gasteiger partial charge in [-0.2, -0.15) is 4.99 Å². The molecule has 2 rings (SSSR count). The zero-order chi connectivity index (χ0) is 15.2. The van der Waals surface area contributed by atoms with E-state index in [-0.39, 0.29) is 23.3 Å². The van der Waals surface area contributed by atoms with Gasteiger partial charge in [0.05, 0.1) is 0 Å². The number of nitrogens with zero attached hydrogens (tertiary/aromatic N) is 2. The molecular formula is C14H16FN5O. The van der Waals surface area contributed by atoms with Crippen LogP contribution in [0, 0.1) is 5.82 Å². The monoisotopic (exact) mass is 289 g/mol. The van der Waals surface area contributed by atoms with E-state index in [9.17, 15) is 9.18 Å². The fourth-order valence-electron chi connectivity index (χ4n) is 1.75. The molecule has 4 N–H and O–H groups in total. The van der Waals surface area contributed by atoms with Crippen LogP contribution < -0.4 is 16.6 Å². The maximum Gasteiger partial charge on any atom is 0.252 e. The predicted molar refractivity (Wildman–Crippen MR) is 80.2 cm³/mol. The second-order valence-electron chi connectivity index (χ2n) is 4.44. The number of aromatic amines is 1. The summed E-state index contributed by atoms with van der Waals surface area (Å²) in [4.78, 5) is 22.2. The van der Waals surface area contributed by atoms with Crippen LogP contribution in [0.25, 0.3) is 0 Å². The summed E-state index contributed by atoms with van der Waals surface area (Å²) in [5, 5.41) is 2.79. The molecule has 1 aromatic heterocycles. The van der Waals surface area contributed by atoms with Gasteiger partial charge in [-0.3, -0.25) is 9.78 Å². The van der Waals surface area contributed by atoms with Gasteiger partial charge in [0.2, 0.25) is 11.9 Å². The van der Waals surface area contributed by atoms with Crippen molar-refractivity contribution in [3.05, 3.63) is 52.2 Å². The lowest BCUT2D eigenvalue weighted by atomic mass is 10.2. The maximum absolute atomic E-state index is 12.8. The molecule has 1 aromatic carbocycles. The Morgan fingerprint density at radius 1 is 1.43 bits per heavy atom. The molecule has 0 aliphatic heterocycles. The summed E-state index contributed by atoms with van der Waals surface area (Å²) < 4.78 is 12.8. The van der Waals surface area contributed by atoms with E-state index in [0.29, 0.717) is 17.8 Å². The predicted octanol–water partition coefficient (Wildman–Crippen LogP) is 1.92. The van der Waals surface area contributed by atoms with E-state index in [0.717, 1.165) is 6.42 Å². The van der Waals surface area contributed by atoms with Crippen molar-refractivity contribution in [1.82, 2.24) is 9.97 Å². The number of guanidine groups is 1. The second kappa shape index (κ2) is 6.65. The van der Waals surface area contributed by atoms with Gasteiger partial charge in [0.25, 0.3) is 5.56 Å². The van der Waals surface area contributed by atoms with Crippen molar-refractivity contribution in [1.29, 1.82) is 0 Å². The van der Waals surface area contributed by atoms with E-state index in [2.05, 4.69) is 20.3 Å². The molecule has 0 saturated heterocycles. The lowest BCUT2D eigenvalue weighted by molar-refractivity contribution is 0.628.